The number of Topliss-reactive ketones (excluding diaryl/α,β-unsaturated/α-hetero) is 4. The fourth-order valence-electron chi connectivity index (χ4n) is 36.6. The molecule has 32 atom stereocenters. The number of carbonyl (C=O) groups excluding carboxylic acids is 4. The van der Waals surface area contributed by atoms with E-state index in [2.05, 4.69) is 88.0 Å². The van der Waals surface area contributed by atoms with Crippen LogP contribution < -0.4 is 0 Å². The van der Waals surface area contributed by atoms with Gasteiger partial charge in [-0.1, -0.05) is 32.9 Å². The summed E-state index contributed by atoms with van der Waals surface area (Å²) in [4.78, 5) is 64.0. The third-order valence-corrected chi connectivity index (χ3v) is 42.4. The van der Waals surface area contributed by atoms with Crippen LogP contribution in [0.25, 0.3) is 22.1 Å². The van der Waals surface area contributed by atoms with Crippen molar-refractivity contribution < 1.29 is 39.6 Å². The lowest BCUT2D eigenvalue weighted by Crippen LogP contribution is -2.51. The van der Waals surface area contributed by atoms with Crippen molar-refractivity contribution in [1.82, 2.24) is 59.5 Å². The summed E-state index contributed by atoms with van der Waals surface area (Å²) in [5.74, 6) is 17.6. The van der Waals surface area contributed by atoms with Crippen molar-refractivity contribution in [2.75, 3.05) is 0 Å². The van der Waals surface area contributed by atoms with Crippen LogP contribution in [-0.2, 0) is 71.0 Å². The molecule has 24 rings (SSSR count). The van der Waals surface area contributed by atoms with Gasteiger partial charge in [-0.25, -0.2) is 4.68 Å². The molecule has 0 radical (unpaired) electrons. The molecule has 18 aliphatic rings. The first-order chi connectivity index (χ1) is 61.4. The van der Waals surface area contributed by atoms with Gasteiger partial charge in [-0.3, -0.25) is 38.5 Å². The van der Waals surface area contributed by atoms with Crippen LogP contribution in [-0.4, -0.2) is 125 Å². The third-order valence-electron chi connectivity index (χ3n) is 42.4. The topological polar surface area (TPSA) is 272 Å². The second-order valence-corrected chi connectivity index (χ2v) is 49.5. The number of hydrogen-bond donors (Lipinski definition) is 4. The van der Waals surface area contributed by atoms with Gasteiger partial charge in [0.05, 0.1) is 58.8 Å². The average molecular weight is 1750 g/mol. The highest BCUT2D eigenvalue weighted by molar-refractivity contribution is 5.85. The maximum atomic E-state index is 13.6. The molecule has 0 bridgehead atoms. The Balaban J connectivity index is 0.000000104. The number of aliphatic hydroxyl groups is 4. The highest BCUT2D eigenvalue weighted by atomic mass is 16.3. The molecule has 4 N–H and O–H groups in total. The fourth-order valence-corrected chi connectivity index (χ4v) is 36.6. The van der Waals surface area contributed by atoms with Crippen molar-refractivity contribution in [2.24, 2.45) is 164 Å². The zero-order valence-corrected chi connectivity index (χ0v) is 79.2. The molecule has 128 heavy (non-hydrogen) atoms. The smallest absolute Gasteiger partial charge is 0.159 e. The molecule has 696 valence electrons. The molecule has 16 saturated carbocycles. The summed E-state index contributed by atoms with van der Waals surface area (Å²) in [5, 5.41) is 69.3. The zero-order chi connectivity index (χ0) is 88.3. The Kier molecular flexibility index (Phi) is 23.6. The number of carbonyl (C=O) groups is 4. The van der Waals surface area contributed by atoms with E-state index in [1.165, 1.54) is 202 Å². The number of aryl methyl sites for hydroxylation is 3. The van der Waals surface area contributed by atoms with Crippen LogP contribution in [0.15, 0.2) is 49.3 Å². The van der Waals surface area contributed by atoms with Gasteiger partial charge in [0.25, 0.3) is 0 Å². The summed E-state index contributed by atoms with van der Waals surface area (Å²) >= 11 is 0. The molecular formula is C108H156N12O8. The summed E-state index contributed by atoms with van der Waals surface area (Å²) in [6.07, 6.45) is 62.6. The molecule has 0 saturated heterocycles. The minimum Gasteiger partial charge on any atom is -0.390 e. The van der Waals surface area contributed by atoms with Crippen molar-refractivity contribution in [3.05, 3.63) is 71.8 Å². The van der Waals surface area contributed by atoms with Crippen LogP contribution in [0, 0.1) is 164 Å². The van der Waals surface area contributed by atoms with Gasteiger partial charge in [0, 0.05) is 48.0 Å². The molecule has 20 heteroatoms. The minimum atomic E-state index is -0.455. The van der Waals surface area contributed by atoms with E-state index < -0.39 is 22.4 Å². The third kappa shape index (κ3) is 16.2. The zero-order valence-electron chi connectivity index (χ0n) is 79.2. The van der Waals surface area contributed by atoms with Crippen molar-refractivity contribution in [2.45, 2.75) is 386 Å². The summed E-state index contributed by atoms with van der Waals surface area (Å²) in [6, 6.07) is 3.74. The Morgan fingerprint density at radius 1 is 0.352 bits per heavy atom. The second kappa shape index (κ2) is 34.1. The van der Waals surface area contributed by atoms with Crippen LogP contribution >= 0.6 is 0 Å². The standard InChI is InChI=1S/2C28H42N2O2.2C26H36N4O2/c1-27(32)13-11-20-18(15-27)7-8-22-21(20)12-14-28(2)23(22)9-10-24(28)26(31)17-30-16-19-5-3-4-6-25(19)29-30;1-27(32)13-11-20-18(15-27)7-8-22-21(20)12-14-28(2)23(22)9-10-24(28)26(31)17-30-25-6-4-3-5-19(25)16-29-30;1-25(32)10-7-17-16(13-25)3-4-19-18(17)8-11-26(2)20(19)5-6-21(26)24(31)15-30-23-9-12-27-14-22(23)28-29-30;1-25(32)10-7-17-16(13-25)3-4-19-18(17)8-11-26(2)20(19)5-6-21(26)24(31)15-30-28-22-9-12-27-14-23(22)29-30/h2*16,18,20-24,32H,3-15,17H2,1-2H3;2*9,12,14,16-21,32H,3-8,10-11,13,15H2,1-2H3/t2*18-,20+,21-,22-,23+,24-,27-,28+;2*16-,17+,18-,19-,20+,21-,25-,26+/m1111/s1. The summed E-state index contributed by atoms with van der Waals surface area (Å²) < 4.78 is 5.79. The van der Waals surface area contributed by atoms with Gasteiger partial charge in [0.1, 0.15) is 36.2 Å². The van der Waals surface area contributed by atoms with Crippen molar-refractivity contribution in [1.29, 1.82) is 0 Å². The molecule has 0 aliphatic heterocycles. The molecule has 6 aromatic rings. The van der Waals surface area contributed by atoms with Crippen LogP contribution in [0.4, 0.5) is 0 Å². The molecule has 0 amide bonds. The molecule has 20 nitrogen and oxygen atoms in total. The van der Waals surface area contributed by atoms with Gasteiger partial charge in [0.15, 0.2) is 23.1 Å². The van der Waals surface area contributed by atoms with Crippen molar-refractivity contribution in [3.63, 3.8) is 0 Å². The lowest BCUT2D eigenvalue weighted by molar-refractivity contribution is -0.133. The van der Waals surface area contributed by atoms with E-state index in [1.807, 2.05) is 36.9 Å². The molecule has 0 spiro atoms. The van der Waals surface area contributed by atoms with Crippen molar-refractivity contribution in [3.8, 4) is 0 Å². The van der Waals surface area contributed by atoms with Crippen LogP contribution in [0.3, 0.4) is 0 Å². The Labute approximate surface area is 762 Å². The van der Waals surface area contributed by atoms with E-state index >= 15 is 0 Å². The maximum absolute atomic E-state index is 13.6. The first-order valence-electron chi connectivity index (χ1n) is 52.8. The molecule has 18 aliphatic carbocycles. The normalized spacial score (nSPS) is 44.5. The monoisotopic (exact) mass is 1750 g/mol. The van der Waals surface area contributed by atoms with Crippen molar-refractivity contribution >= 4 is 45.2 Å². The fraction of sp³-hybridized carbons (Fsp3) is 0.815. The van der Waals surface area contributed by atoms with E-state index in [1.54, 1.807) is 34.3 Å². The van der Waals surface area contributed by atoms with E-state index in [9.17, 15) is 39.6 Å². The van der Waals surface area contributed by atoms with Gasteiger partial charge in [-0.05, 0) is 473 Å². The lowest BCUT2D eigenvalue weighted by Gasteiger charge is -2.56. The van der Waals surface area contributed by atoms with Crippen LogP contribution in [0.1, 0.15) is 335 Å². The maximum Gasteiger partial charge on any atom is 0.159 e. The number of fused-ring (bicyclic) bond motifs is 24. The average Bonchev–Trinajstić information content (AvgIpc) is 1.69. The summed E-state index contributed by atoms with van der Waals surface area (Å²) in [6.45, 7) is 19.5. The van der Waals surface area contributed by atoms with Gasteiger partial charge < -0.3 is 20.4 Å². The van der Waals surface area contributed by atoms with Crippen LogP contribution in [0.2, 0.25) is 0 Å². The number of pyridine rings is 2. The Morgan fingerprint density at radius 3 is 1.16 bits per heavy atom. The SMILES string of the molecule is C[C@@]1(O)CC[C@H]2[C@H](CC[C@@H]3[C@@H]2CC[C@]2(C)[C@@H](C(=O)Cn4cc5c(n4)CCCC5)CC[C@@H]32)C1.C[C@@]1(O)CC[C@H]2[C@H](CC[C@@H]3[C@@H]2CC[C@]2(C)[C@@H](C(=O)Cn4nc5ccncc5n4)CC[C@@H]32)C1.C[C@@]1(O)CC[C@H]2[C@H](CC[C@@H]3[C@@H]2CC[C@]2(C)[C@@H](C(=O)Cn4ncc5c4CCCC5)CC[C@@H]32)C1.C[C@@]1(O)CC[C@H]2[C@H](CC[C@@H]3[C@@H]2CC[C@]2(C)[C@@H](C(=O)Cn4nnc5cnccc54)CC[C@@H]32)C1. The van der Waals surface area contributed by atoms with E-state index in [0.717, 1.165) is 219 Å². The van der Waals surface area contributed by atoms with Gasteiger partial charge >= 0.3 is 0 Å². The predicted octanol–water partition coefficient (Wildman–Crippen LogP) is 19.5. The van der Waals surface area contributed by atoms with Crippen LogP contribution in [0.5, 0.6) is 0 Å². The second-order valence-electron chi connectivity index (χ2n) is 49.5. The lowest BCUT2D eigenvalue weighted by atomic mass is 9.49. The molecule has 16 fully saturated rings. The minimum absolute atomic E-state index is 0.124. The number of rotatable bonds is 12. The quantitative estimate of drug-likeness (QED) is 0.0886. The Hall–Kier alpha value is -5.96. The summed E-state index contributed by atoms with van der Waals surface area (Å²) in [5.41, 5.74) is 7.37. The highest BCUT2D eigenvalue weighted by Gasteiger charge is 2.65. The number of aromatic nitrogens is 12. The molecule has 6 aromatic heterocycles. The largest absolute Gasteiger partial charge is 0.390 e. The van der Waals surface area contributed by atoms with Gasteiger partial charge in [0.2, 0.25) is 0 Å². The Bertz CT molecular complexity index is 5000. The molecule has 6 heterocycles. The van der Waals surface area contributed by atoms with E-state index in [-0.39, 0.29) is 51.9 Å². The predicted molar refractivity (Wildman–Crippen MR) is 493 cm³/mol. The number of nitrogens with zero attached hydrogens (tertiary/aromatic N) is 12. The first-order valence-corrected chi connectivity index (χ1v) is 52.8. The van der Waals surface area contributed by atoms with Gasteiger partial charge in [-0.2, -0.15) is 25.2 Å². The van der Waals surface area contributed by atoms with E-state index in [0.29, 0.717) is 66.4 Å². The summed E-state index contributed by atoms with van der Waals surface area (Å²) in [7, 11) is 0. The molecule has 0 aromatic carbocycles. The van der Waals surface area contributed by atoms with E-state index in [4.69, 9.17) is 5.10 Å². The highest BCUT2D eigenvalue weighted by Crippen LogP contribution is 2.70. The first kappa shape index (κ1) is 88.6. The molecule has 0 unspecified atom stereocenters. The number of ketones is 4. The number of hydrogen-bond acceptors (Lipinski definition) is 16. The Morgan fingerprint density at radius 2 is 0.727 bits per heavy atom. The van der Waals surface area contributed by atoms with Gasteiger partial charge in [-0.15, -0.1) is 5.10 Å². The molecular weight excluding hydrogens is 1590 g/mol.